The highest BCUT2D eigenvalue weighted by Crippen LogP contribution is 2.31. The molecule has 9 heteroatoms. The van der Waals surface area contributed by atoms with E-state index in [-0.39, 0.29) is 5.91 Å². The fraction of sp³-hybridized carbons (Fsp3) is 0.185. The second-order valence-corrected chi connectivity index (χ2v) is 10.3. The summed E-state index contributed by atoms with van der Waals surface area (Å²) in [5.41, 5.74) is 5.67. The fourth-order valence-electron chi connectivity index (χ4n) is 4.75. The Balaban J connectivity index is 1.33. The summed E-state index contributed by atoms with van der Waals surface area (Å²) in [7, 11) is -1.40. The molecule has 1 atom stereocenters. The van der Waals surface area contributed by atoms with Crippen molar-refractivity contribution < 1.29 is 18.1 Å². The van der Waals surface area contributed by atoms with Crippen LogP contribution in [-0.4, -0.2) is 49.4 Å². The lowest BCUT2D eigenvalue weighted by Crippen LogP contribution is -2.32. The van der Waals surface area contributed by atoms with Crippen molar-refractivity contribution in [2.24, 2.45) is 0 Å². The monoisotopic (exact) mass is 502 g/mol. The molecular weight excluding hydrogens is 479 g/mol. The molecule has 1 amide bonds. The zero-order valence-corrected chi connectivity index (χ0v) is 20.5. The molecule has 6 rings (SSSR count). The summed E-state index contributed by atoms with van der Waals surface area (Å²) < 4.78 is 32.1. The summed E-state index contributed by atoms with van der Waals surface area (Å²) in [5, 5.41) is 0.516. The van der Waals surface area contributed by atoms with Crippen LogP contribution in [0.25, 0.3) is 33.1 Å². The molecule has 0 aliphatic carbocycles. The van der Waals surface area contributed by atoms with E-state index < -0.39 is 16.6 Å². The van der Waals surface area contributed by atoms with Gasteiger partial charge in [-0.05, 0) is 60.5 Å². The molecule has 1 aliphatic rings. The normalized spacial score (nSPS) is 14.5. The van der Waals surface area contributed by atoms with Crippen LogP contribution in [0.15, 0.2) is 59.5 Å². The number of fused-ring (bicyclic) bond motifs is 3. The number of carbonyl (C=O) groups excluding carboxylic acids is 1. The minimum absolute atomic E-state index is 0.226. The highest BCUT2D eigenvalue weighted by molar-refractivity contribution is 7.84. The molecule has 182 valence electrons. The molecule has 0 radical (unpaired) electrons. The third kappa shape index (κ3) is 3.95. The van der Waals surface area contributed by atoms with Crippen molar-refractivity contribution in [3.63, 3.8) is 0 Å². The summed E-state index contributed by atoms with van der Waals surface area (Å²) in [4.78, 5) is 26.3. The lowest BCUT2D eigenvalue weighted by molar-refractivity contribution is 0.0728. The maximum Gasteiger partial charge on any atom is 0.270 e. The van der Waals surface area contributed by atoms with E-state index in [2.05, 4.69) is 21.0 Å². The minimum Gasteiger partial charge on any atom is -0.491 e. The third-order valence-electron chi connectivity index (χ3n) is 6.46. The molecule has 1 unspecified atom stereocenters. The first kappa shape index (κ1) is 22.5. The number of aromatic nitrogens is 3. The van der Waals surface area contributed by atoms with Crippen molar-refractivity contribution in [1.29, 1.82) is 0 Å². The van der Waals surface area contributed by atoms with Crippen molar-refractivity contribution in [3.05, 3.63) is 77.5 Å². The van der Waals surface area contributed by atoms with Crippen molar-refractivity contribution in [2.45, 2.75) is 18.4 Å². The van der Waals surface area contributed by atoms with Gasteiger partial charge >= 0.3 is 0 Å². The lowest BCUT2D eigenvalue weighted by Gasteiger charge is -2.19. The van der Waals surface area contributed by atoms with Crippen LogP contribution < -0.4 is 4.74 Å². The molecule has 3 heterocycles. The van der Waals surface area contributed by atoms with E-state index in [1.165, 1.54) is 18.4 Å². The van der Waals surface area contributed by atoms with Gasteiger partial charge in [-0.2, -0.15) is 0 Å². The van der Waals surface area contributed by atoms with Gasteiger partial charge in [-0.1, -0.05) is 12.1 Å². The van der Waals surface area contributed by atoms with Crippen molar-refractivity contribution in [1.82, 2.24) is 19.9 Å². The van der Waals surface area contributed by atoms with Gasteiger partial charge in [0.15, 0.2) is 0 Å². The van der Waals surface area contributed by atoms with E-state index in [1.54, 1.807) is 11.0 Å². The first-order chi connectivity index (χ1) is 17.4. The summed E-state index contributed by atoms with van der Waals surface area (Å²) in [6, 6.07) is 16.3. The number of aryl methyl sites for hydroxylation is 1. The highest BCUT2D eigenvalue weighted by Gasteiger charge is 2.24. The molecule has 0 fully saturated rings. The summed E-state index contributed by atoms with van der Waals surface area (Å²) >= 11 is 0. The maximum atomic E-state index is 14.0. The molecule has 0 saturated heterocycles. The summed E-state index contributed by atoms with van der Waals surface area (Å²) in [6.45, 7) is 3.05. The number of amides is 1. The van der Waals surface area contributed by atoms with E-state index in [9.17, 15) is 13.4 Å². The van der Waals surface area contributed by atoms with E-state index in [4.69, 9.17) is 4.74 Å². The predicted molar refractivity (Wildman–Crippen MR) is 137 cm³/mol. The SMILES string of the molecule is Cc1nc2ccc(-c3ccc4c(c3)CN(C(=O)c3cc5cc(F)cc(S(C)=O)c5[nH]3)CCO4)cc2[nH]1. The number of benzene rings is 3. The van der Waals surface area contributed by atoms with Crippen molar-refractivity contribution >= 4 is 38.6 Å². The Labute approximate surface area is 208 Å². The molecule has 2 aromatic heterocycles. The Hall–Kier alpha value is -3.98. The van der Waals surface area contributed by atoms with E-state index in [0.29, 0.717) is 41.2 Å². The molecule has 7 nitrogen and oxygen atoms in total. The smallest absolute Gasteiger partial charge is 0.270 e. The van der Waals surface area contributed by atoms with Gasteiger partial charge in [-0.25, -0.2) is 9.37 Å². The van der Waals surface area contributed by atoms with Gasteiger partial charge in [-0.3, -0.25) is 9.00 Å². The Morgan fingerprint density at radius 2 is 1.89 bits per heavy atom. The minimum atomic E-state index is -1.40. The molecule has 3 aromatic carbocycles. The van der Waals surface area contributed by atoms with Crippen LogP contribution >= 0.6 is 0 Å². The number of nitrogens with one attached hydrogen (secondary N) is 2. The maximum absolute atomic E-state index is 14.0. The molecule has 1 aliphatic heterocycles. The molecular formula is C27H23FN4O3S. The second kappa shape index (κ2) is 8.60. The van der Waals surface area contributed by atoms with Gasteiger partial charge in [0.25, 0.3) is 5.91 Å². The average Bonchev–Trinajstić information content (AvgIpc) is 3.37. The second-order valence-electron chi connectivity index (χ2n) is 8.96. The predicted octanol–water partition coefficient (Wildman–Crippen LogP) is 4.93. The Morgan fingerprint density at radius 1 is 1.08 bits per heavy atom. The molecule has 0 saturated carbocycles. The van der Waals surface area contributed by atoms with Gasteiger partial charge in [-0.15, -0.1) is 0 Å². The number of nitrogens with zero attached hydrogens (tertiary/aromatic N) is 2. The number of halogens is 1. The Morgan fingerprint density at radius 3 is 2.72 bits per heavy atom. The van der Waals surface area contributed by atoms with Gasteiger partial charge in [0, 0.05) is 23.8 Å². The highest BCUT2D eigenvalue weighted by atomic mass is 32.2. The Bertz CT molecular complexity index is 1690. The molecule has 5 aromatic rings. The number of carbonyl (C=O) groups is 1. The summed E-state index contributed by atoms with van der Waals surface area (Å²) in [6.07, 6.45) is 1.49. The molecule has 36 heavy (non-hydrogen) atoms. The van der Waals surface area contributed by atoms with Crippen LogP contribution in [0.4, 0.5) is 4.39 Å². The largest absolute Gasteiger partial charge is 0.491 e. The van der Waals surface area contributed by atoms with Crippen molar-refractivity contribution in [2.75, 3.05) is 19.4 Å². The number of H-pyrrole nitrogens is 2. The number of aromatic amines is 2. The Kier molecular flexibility index (Phi) is 5.37. The fourth-order valence-corrected chi connectivity index (χ4v) is 5.49. The van der Waals surface area contributed by atoms with E-state index in [1.807, 2.05) is 37.3 Å². The van der Waals surface area contributed by atoms with Crippen LogP contribution in [0, 0.1) is 12.7 Å². The molecule has 0 spiro atoms. The standard InChI is InChI=1S/C27H23FN4O3S/c1-15-29-21-5-3-17(11-22(21)30-15)16-4-6-24-19(9-16)14-32(7-8-35-24)27(33)23-12-18-10-20(28)13-25(36(2)34)26(18)31-23/h3-6,9-13,31H,7-8,14H2,1-2H3,(H,29,30). The van der Waals surface area contributed by atoms with Gasteiger partial charge < -0.3 is 19.6 Å². The van der Waals surface area contributed by atoms with E-state index >= 15 is 0 Å². The van der Waals surface area contributed by atoms with Crippen LogP contribution in [0.2, 0.25) is 0 Å². The number of rotatable bonds is 3. The zero-order valence-electron chi connectivity index (χ0n) is 19.7. The van der Waals surface area contributed by atoms with Crippen LogP contribution in [0.1, 0.15) is 21.9 Å². The quantitative estimate of drug-likeness (QED) is 0.366. The first-order valence-electron chi connectivity index (χ1n) is 11.5. The molecule has 0 bridgehead atoms. The lowest BCUT2D eigenvalue weighted by atomic mass is 10.0. The van der Waals surface area contributed by atoms with Gasteiger partial charge in [0.1, 0.15) is 29.7 Å². The van der Waals surface area contributed by atoms with Crippen LogP contribution in [-0.2, 0) is 17.3 Å². The number of imidazole rings is 1. The zero-order chi connectivity index (χ0) is 25.0. The number of hydrogen-bond acceptors (Lipinski definition) is 4. The van der Waals surface area contributed by atoms with E-state index in [0.717, 1.165) is 39.3 Å². The average molecular weight is 503 g/mol. The topological polar surface area (TPSA) is 91.1 Å². The number of ether oxygens (including phenoxy) is 1. The van der Waals surface area contributed by atoms with Crippen LogP contribution in [0.5, 0.6) is 5.75 Å². The number of hydrogen-bond donors (Lipinski definition) is 2. The molecule has 2 N–H and O–H groups in total. The van der Waals surface area contributed by atoms with Crippen LogP contribution in [0.3, 0.4) is 0 Å². The van der Waals surface area contributed by atoms with Gasteiger partial charge in [0.2, 0.25) is 0 Å². The first-order valence-corrected chi connectivity index (χ1v) is 13.1. The van der Waals surface area contributed by atoms with Crippen molar-refractivity contribution in [3.8, 4) is 16.9 Å². The summed E-state index contributed by atoms with van der Waals surface area (Å²) in [5.74, 6) is 0.896. The third-order valence-corrected chi connectivity index (χ3v) is 7.40. The van der Waals surface area contributed by atoms with Gasteiger partial charge in [0.05, 0.1) is 38.8 Å².